The van der Waals surface area contributed by atoms with E-state index >= 15 is 0 Å². The van der Waals surface area contributed by atoms with Gasteiger partial charge in [-0.1, -0.05) is 73.1 Å². The van der Waals surface area contributed by atoms with Crippen LogP contribution in [0.3, 0.4) is 0 Å². The molecule has 0 fully saturated rings. The average Bonchev–Trinajstić information content (AvgIpc) is 2.85. The summed E-state index contributed by atoms with van der Waals surface area (Å²) in [4.78, 5) is 27.8. The number of benzene rings is 3. The Labute approximate surface area is 200 Å². The molecule has 0 aliphatic carbocycles. The summed E-state index contributed by atoms with van der Waals surface area (Å²) in [5.74, 6) is 0.100. The Balaban J connectivity index is 1.85. The van der Waals surface area contributed by atoms with Crippen molar-refractivity contribution in [1.82, 2.24) is 10.2 Å². The Morgan fingerprint density at radius 1 is 0.939 bits per heavy atom. The van der Waals surface area contributed by atoms with Crippen molar-refractivity contribution in [2.75, 3.05) is 13.7 Å². The van der Waals surface area contributed by atoms with Crippen molar-refractivity contribution >= 4 is 23.4 Å². The van der Waals surface area contributed by atoms with Crippen LogP contribution in [0.4, 0.5) is 0 Å². The highest BCUT2D eigenvalue weighted by Gasteiger charge is 2.30. The lowest BCUT2D eigenvalue weighted by atomic mass is 10.0. The van der Waals surface area contributed by atoms with Gasteiger partial charge >= 0.3 is 0 Å². The third kappa shape index (κ3) is 7.09. The molecule has 3 rings (SSSR count). The zero-order chi connectivity index (χ0) is 23.6. The molecule has 6 heteroatoms. The highest BCUT2D eigenvalue weighted by atomic mass is 35.5. The van der Waals surface area contributed by atoms with E-state index in [1.54, 1.807) is 24.1 Å². The molecule has 3 aromatic carbocycles. The molecule has 0 spiro atoms. The van der Waals surface area contributed by atoms with Crippen molar-refractivity contribution < 1.29 is 14.3 Å². The van der Waals surface area contributed by atoms with Crippen LogP contribution >= 0.6 is 11.6 Å². The topological polar surface area (TPSA) is 58.6 Å². The first kappa shape index (κ1) is 24.3. The molecule has 0 radical (unpaired) electrons. The zero-order valence-corrected chi connectivity index (χ0v) is 19.7. The quantitative estimate of drug-likeness (QED) is 0.474. The molecule has 3 aromatic rings. The van der Waals surface area contributed by atoms with E-state index < -0.39 is 6.04 Å². The number of amides is 2. The zero-order valence-electron chi connectivity index (χ0n) is 19.0. The van der Waals surface area contributed by atoms with Gasteiger partial charge in [-0.15, -0.1) is 0 Å². The molecule has 0 saturated carbocycles. The fourth-order valence-corrected chi connectivity index (χ4v) is 3.81. The predicted molar refractivity (Wildman–Crippen MR) is 131 cm³/mol. The van der Waals surface area contributed by atoms with Crippen LogP contribution in [-0.4, -0.2) is 36.4 Å². The summed E-state index contributed by atoms with van der Waals surface area (Å²) in [7, 11) is 1.58. The van der Waals surface area contributed by atoms with Gasteiger partial charge in [-0.3, -0.25) is 9.59 Å². The van der Waals surface area contributed by atoms with Crippen LogP contribution in [0.5, 0.6) is 5.75 Å². The average molecular weight is 465 g/mol. The van der Waals surface area contributed by atoms with E-state index in [1.165, 1.54) is 5.56 Å². The molecular weight excluding hydrogens is 436 g/mol. The fourth-order valence-electron chi connectivity index (χ4n) is 3.60. The first-order valence-corrected chi connectivity index (χ1v) is 11.4. The molecule has 2 amide bonds. The van der Waals surface area contributed by atoms with Crippen LogP contribution in [0.25, 0.3) is 0 Å². The largest absolute Gasteiger partial charge is 0.484 e. The van der Waals surface area contributed by atoms with Crippen molar-refractivity contribution in [3.63, 3.8) is 0 Å². The van der Waals surface area contributed by atoms with E-state index in [9.17, 15) is 9.59 Å². The molecule has 0 bridgehead atoms. The van der Waals surface area contributed by atoms with Crippen LogP contribution < -0.4 is 10.1 Å². The van der Waals surface area contributed by atoms with Crippen LogP contribution in [-0.2, 0) is 29.0 Å². The van der Waals surface area contributed by atoms with E-state index in [-0.39, 0.29) is 25.0 Å². The normalized spacial score (nSPS) is 11.5. The number of rotatable bonds is 10. The summed E-state index contributed by atoms with van der Waals surface area (Å²) in [6, 6.07) is 23.9. The lowest BCUT2D eigenvalue weighted by Gasteiger charge is -2.31. The number of ether oxygens (including phenoxy) is 1. The van der Waals surface area contributed by atoms with Gasteiger partial charge < -0.3 is 15.0 Å². The minimum Gasteiger partial charge on any atom is -0.484 e. The molecule has 33 heavy (non-hydrogen) atoms. The Bertz CT molecular complexity index is 1050. The summed E-state index contributed by atoms with van der Waals surface area (Å²) >= 11 is 6.17. The van der Waals surface area contributed by atoms with Crippen LogP contribution in [0.2, 0.25) is 5.02 Å². The van der Waals surface area contributed by atoms with Crippen molar-refractivity contribution in [2.24, 2.45) is 0 Å². The second kappa shape index (κ2) is 12.1. The van der Waals surface area contributed by atoms with Crippen molar-refractivity contribution in [3.05, 3.63) is 101 Å². The Hall–Kier alpha value is -3.31. The van der Waals surface area contributed by atoms with Crippen LogP contribution in [0, 0.1) is 0 Å². The second-order valence-corrected chi connectivity index (χ2v) is 8.19. The standard InChI is InChI=1S/C27H29ClN2O3/c1-3-20-12-14-24(15-13-20)33-19-26(31)30(18-22-10-7-11-23(28)16-22)25(27(32)29-2)17-21-8-5-4-6-9-21/h4-16,25H,3,17-19H2,1-2H3,(H,29,32). The van der Waals surface area contributed by atoms with Gasteiger partial charge in [0, 0.05) is 25.0 Å². The summed E-state index contributed by atoms with van der Waals surface area (Å²) in [6.07, 6.45) is 1.32. The minimum atomic E-state index is -0.699. The number of halogens is 1. The van der Waals surface area contributed by atoms with E-state index in [4.69, 9.17) is 16.3 Å². The molecule has 1 unspecified atom stereocenters. The maximum Gasteiger partial charge on any atom is 0.261 e. The van der Waals surface area contributed by atoms with Gasteiger partial charge in [0.2, 0.25) is 5.91 Å². The lowest BCUT2D eigenvalue weighted by Crippen LogP contribution is -2.51. The number of hydrogen-bond donors (Lipinski definition) is 1. The molecule has 0 heterocycles. The van der Waals surface area contributed by atoms with Gasteiger partial charge in [-0.25, -0.2) is 0 Å². The summed E-state index contributed by atoms with van der Waals surface area (Å²) < 4.78 is 5.77. The molecule has 0 saturated heterocycles. The van der Waals surface area contributed by atoms with E-state index in [2.05, 4.69) is 12.2 Å². The van der Waals surface area contributed by atoms with Crippen molar-refractivity contribution in [3.8, 4) is 5.75 Å². The molecular formula is C27H29ClN2O3. The minimum absolute atomic E-state index is 0.172. The predicted octanol–water partition coefficient (Wildman–Crippen LogP) is 4.67. The third-order valence-electron chi connectivity index (χ3n) is 5.45. The number of nitrogens with one attached hydrogen (secondary N) is 1. The molecule has 172 valence electrons. The number of nitrogens with zero attached hydrogens (tertiary/aromatic N) is 1. The molecule has 0 aliphatic rings. The van der Waals surface area contributed by atoms with Crippen LogP contribution in [0.15, 0.2) is 78.9 Å². The first-order valence-electron chi connectivity index (χ1n) is 11.0. The second-order valence-electron chi connectivity index (χ2n) is 7.76. The molecule has 1 N–H and O–H groups in total. The molecule has 0 aliphatic heterocycles. The van der Waals surface area contributed by atoms with Gasteiger partial charge in [-0.05, 0) is 47.4 Å². The lowest BCUT2D eigenvalue weighted by molar-refractivity contribution is -0.142. The van der Waals surface area contributed by atoms with Gasteiger partial charge in [0.15, 0.2) is 6.61 Å². The number of carbonyl (C=O) groups is 2. The maximum absolute atomic E-state index is 13.4. The Morgan fingerprint density at radius 2 is 1.64 bits per heavy atom. The molecule has 0 aromatic heterocycles. The van der Waals surface area contributed by atoms with Gasteiger partial charge in [0.25, 0.3) is 5.91 Å². The van der Waals surface area contributed by atoms with Crippen molar-refractivity contribution in [2.45, 2.75) is 32.4 Å². The summed E-state index contributed by atoms with van der Waals surface area (Å²) in [6.45, 7) is 2.15. The maximum atomic E-state index is 13.4. The van der Waals surface area contributed by atoms with E-state index in [0.29, 0.717) is 17.2 Å². The Kier molecular flexibility index (Phi) is 8.90. The van der Waals surface area contributed by atoms with E-state index in [1.807, 2.05) is 66.7 Å². The number of aryl methyl sites for hydroxylation is 1. The van der Waals surface area contributed by atoms with Gasteiger partial charge in [0.05, 0.1) is 0 Å². The molecule has 1 atom stereocenters. The highest BCUT2D eigenvalue weighted by Crippen LogP contribution is 2.18. The fraction of sp³-hybridized carbons (Fsp3) is 0.259. The number of likely N-dealkylation sites (N-methyl/N-ethyl adjacent to an activating group) is 1. The summed E-state index contributed by atoms with van der Waals surface area (Å²) in [5.41, 5.74) is 3.00. The highest BCUT2D eigenvalue weighted by molar-refractivity contribution is 6.30. The Morgan fingerprint density at radius 3 is 2.27 bits per heavy atom. The SMILES string of the molecule is CCc1ccc(OCC(=O)N(Cc2cccc(Cl)c2)C(Cc2ccccc2)C(=O)NC)cc1. The van der Waals surface area contributed by atoms with Crippen LogP contribution in [0.1, 0.15) is 23.6 Å². The first-order chi connectivity index (χ1) is 16.0. The number of carbonyl (C=O) groups excluding carboxylic acids is 2. The molecule has 5 nitrogen and oxygen atoms in total. The monoisotopic (exact) mass is 464 g/mol. The smallest absolute Gasteiger partial charge is 0.261 e. The number of hydrogen-bond acceptors (Lipinski definition) is 3. The van der Waals surface area contributed by atoms with Gasteiger partial charge in [-0.2, -0.15) is 0 Å². The third-order valence-corrected chi connectivity index (χ3v) is 5.69. The van der Waals surface area contributed by atoms with E-state index in [0.717, 1.165) is 17.5 Å². The van der Waals surface area contributed by atoms with Gasteiger partial charge in [0.1, 0.15) is 11.8 Å². The van der Waals surface area contributed by atoms with Crippen molar-refractivity contribution in [1.29, 1.82) is 0 Å². The summed E-state index contributed by atoms with van der Waals surface area (Å²) in [5, 5.41) is 3.28.